The smallest absolute Gasteiger partial charge is 0.210 e. The highest BCUT2D eigenvalue weighted by Gasteiger charge is 2.36. The Labute approximate surface area is 67.9 Å². The summed E-state index contributed by atoms with van der Waals surface area (Å²) in [6, 6.07) is 0. The SMILES string of the molecule is CC1CC1O[CH]OC1CC1C. The first-order chi connectivity index (χ1) is 5.27. The highest BCUT2D eigenvalue weighted by Crippen LogP contribution is 2.36. The van der Waals surface area contributed by atoms with Crippen LogP contribution in [-0.4, -0.2) is 12.2 Å². The summed E-state index contributed by atoms with van der Waals surface area (Å²) in [5.41, 5.74) is 0. The van der Waals surface area contributed by atoms with E-state index in [9.17, 15) is 0 Å². The zero-order chi connectivity index (χ0) is 7.84. The Morgan fingerprint density at radius 3 is 1.64 bits per heavy atom. The summed E-state index contributed by atoms with van der Waals surface area (Å²) in [4.78, 5) is 0. The molecule has 2 saturated carbocycles. The van der Waals surface area contributed by atoms with Crippen LogP contribution in [0.25, 0.3) is 0 Å². The maximum absolute atomic E-state index is 5.32. The third kappa shape index (κ3) is 1.94. The van der Waals surface area contributed by atoms with Gasteiger partial charge in [0.15, 0.2) is 0 Å². The Morgan fingerprint density at radius 2 is 1.36 bits per heavy atom. The first-order valence-corrected chi connectivity index (χ1v) is 4.40. The molecule has 2 aliphatic rings. The molecule has 0 aliphatic heterocycles. The van der Waals surface area contributed by atoms with Crippen LogP contribution in [0.1, 0.15) is 26.7 Å². The average Bonchev–Trinajstić information content (AvgIpc) is 2.79. The van der Waals surface area contributed by atoms with Gasteiger partial charge in [0.1, 0.15) is 0 Å². The lowest BCUT2D eigenvalue weighted by atomic mass is 10.5. The molecular formula is C9H15O2. The van der Waals surface area contributed by atoms with Gasteiger partial charge in [0.2, 0.25) is 6.79 Å². The van der Waals surface area contributed by atoms with Gasteiger partial charge in [0.25, 0.3) is 0 Å². The van der Waals surface area contributed by atoms with E-state index in [4.69, 9.17) is 9.47 Å². The minimum Gasteiger partial charge on any atom is -0.344 e. The van der Waals surface area contributed by atoms with E-state index < -0.39 is 0 Å². The van der Waals surface area contributed by atoms with Crippen LogP contribution < -0.4 is 0 Å². The predicted octanol–water partition coefficient (Wildman–Crippen LogP) is 1.96. The molecule has 0 spiro atoms. The van der Waals surface area contributed by atoms with Crippen molar-refractivity contribution in [2.24, 2.45) is 11.8 Å². The van der Waals surface area contributed by atoms with Crippen molar-refractivity contribution in [1.29, 1.82) is 0 Å². The Kier molecular flexibility index (Phi) is 1.90. The van der Waals surface area contributed by atoms with E-state index in [0.29, 0.717) is 12.2 Å². The fourth-order valence-corrected chi connectivity index (χ4v) is 1.13. The fraction of sp³-hybridized carbons (Fsp3) is 0.889. The van der Waals surface area contributed by atoms with E-state index in [2.05, 4.69) is 13.8 Å². The Bertz CT molecular complexity index is 130. The van der Waals surface area contributed by atoms with Crippen molar-refractivity contribution in [3.63, 3.8) is 0 Å². The van der Waals surface area contributed by atoms with E-state index in [1.807, 2.05) is 0 Å². The molecule has 63 valence electrons. The molecule has 0 bridgehead atoms. The van der Waals surface area contributed by atoms with Crippen LogP contribution in [0, 0.1) is 18.6 Å². The maximum atomic E-state index is 5.32. The zero-order valence-corrected chi connectivity index (χ0v) is 7.12. The van der Waals surface area contributed by atoms with Gasteiger partial charge in [-0.05, 0) is 24.7 Å². The number of rotatable bonds is 4. The average molecular weight is 155 g/mol. The van der Waals surface area contributed by atoms with Crippen LogP contribution >= 0.6 is 0 Å². The third-order valence-electron chi connectivity index (χ3n) is 2.53. The van der Waals surface area contributed by atoms with Crippen LogP contribution in [0.2, 0.25) is 0 Å². The molecule has 11 heavy (non-hydrogen) atoms. The van der Waals surface area contributed by atoms with E-state index in [1.54, 1.807) is 6.79 Å². The topological polar surface area (TPSA) is 18.5 Å². The van der Waals surface area contributed by atoms with Gasteiger partial charge in [-0.1, -0.05) is 13.8 Å². The first kappa shape index (κ1) is 7.56. The highest BCUT2D eigenvalue weighted by molar-refractivity contribution is 4.86. The quantitative estimate of drug-likeness (QED) is 0.617. The lowest BCUT2D eigenvalue weighted by Gasteiger charge is -2.01. The molecule has 0 aromatic heterocycles. The van der Waals surface area contributed by atoms with Crippen molar-refractivity contribution in [3.05, 3.63) is 6.79 Å². The molecule has 0 aromatic carbocycles. The second-order valence-electron chi connectivity index (χ2n) is 3.87. The van der Waals surface area contributed by atoms with Gasteiger partial charge in [-0.15, -0.1) is 0 Å². The number of hydrogen-bond acceptors (Lipinski definition) is 2. The van der Waals surface area contributed by atoms with Gasteiger partial charge >= 0.3 is 0 Å². The summed E-state index contributed by atoms with van der Waals surface area (Å²) < 4.78 is 10.6. The summed E-state index contributed by atoms with van der Waals surface area (Å²) in [7, 11) is 0. The van der Waals surface area contributed by atoms with E-state index >= 15 is 0 Å². The normalized spacial score (nSPS) is 47.5. The van der Waals surface area contributed by atoms with Crippen LogP contribution in [0.5, 0.6) is 0 Å². The largest absolute Gasteiger partial charge is 0.344 e. The second kappa shape index (κ2) is 2.76. The van der Waals surface area contributed by atoms with Crippen molar-refractivity contribution < 1.29 is 9.47 Å². The summed E-state index contributed by atoms with van der Waals surface area (Å²) in [6.45, 7) is 5.93. The van der Waals surface area contributed by atoms with Crippen molar-refractivity contribution >= 4 is 0 Å². The maximum Gasteiger partial charge on any atom is 0.210 e. The number of ether oxygens (including phenoxy) is 2. The molecule has 2 nitrogen and oxygen atoms in total. The summed E-state index contributed by atoms with van der Waals surface area (Å²) in [6.07, 6.45) is 3.29. The lowest BCUT2D eigenvalue weighted by molar-refractivity contribution is -0.00280. The second-order valence-corrected chi connectivity index (χ2v) is 3.87. The van der Waals surface area contributed by atoms with Crippen molar-refractivity contribution in [2.45, 2.75) is 38.9 Å². The predicted molar refractivity (Wildman–Crippen MR) is 41.6 cm³/mol. The third-order valence-corrected chi connectivity index (χ3v) is 2.53. The van der Waals surface area contributed by atoms with Gasteiger partial charge in [0, 0.05) is 0 Å². The molecule has 2 heteroatoms. The van der Waals surface area contributed by atoms with Gasteiger partial charge in [0.05, 0.1) is 12.2 Å². The van der Waals surface area contributed by atoms with Crippen molar-refractivity contribution in [1.82, 2.24) is 0 Å². The van der Waals surface area contributed by atoms with Gasteiger partial charge in [-0.25, -0.2) is 0 Å². The molecule has 0 N–H and O–H groups in total. The fourth-order valence-electron chi connectivity index (χ4n) is 1.13. The van der Waals surface area contributed by atoms with E-state index in [-0.39, 0.29) is 0 Å². The monoisotopic (exact) mass is 155 g/mol. The van der Waals surface area contributed by atoms with Crippen molar-refractivity contribution in [3.8, 4) is 0 Å². The molecule has 2 fully saturated rings. The minimum absolute atomic E-state index is 0.448. The highest BCUT2D eigenvalue weighted by atomic mass is 16.7. The van der Waals surface area contributed by atoms with Gasteiger partial charge in [-0.3, -0.25) is 0 Å². The molecule has 2 aliphatic carbocycles. The van der Waals surface area contributed by atoms with Gasteiger partial charge in [-0.2, -0.15) is 0 Å². The standard InChI is InChI=1S/C9H15O2/c1-6-3-8(6)10-5-11-9-4-7(9)2/h5-9H,3-4H2,1-2H3. The summed E-state index contributed by atoms with van der Waals surface area (Å²) in [5.74, 6) is 1.48. The first-order valence-electron chi connectivity index (χ1n) is 4.40. The summed E-state index contributed by atoms with van der Waals surface area (Å²) >= 11 is 0. The molecule has 4 atom stereocenters. The minimum atomic E-state index is 0.448. The Morgan fingerprint density at radius 1 is 1.00 bits per heavy atom. The molecule has 0 amide bonds. The van der Waals surface area contributed by atoms with Crippen LogP contribution in [-0.2, 0) is 9.47 Å². The molecule has 2 rings (SSSR count). The zero-order valence-electron chi connectivity index (χ0n) is 7.12. The van der Waals surface area contributed by atoms with E-state index in [1.165, 1.54) is 12.8 Å². The van der Waals surface area contributed by atoms with Crippen LogP contribution in [0.15, 0.2) is 0 Å². The molecule has 0 aromatic rings. The lowest BCUT2D eigenvalue weighted by Crippen LogP contribution is -1.99. The number of hydrogen-bond donors (Lipinski definition) is 0. The molecule has 1 radical (unpaired) electrons. The molecule has 0 heterocycles. The Balaban J connectivity index is 1.48. The Hall–Kier alpha value is -0.0800. The van der Waals surface area contributed by atoms with E-state index in [0.717, 1.165) is 11.8 Å². The van der Waals surface area contributed by atoms with Gasteiger partial charge < -0.3 is 9.47 Å². The van der Waals surface area contributed by atoms with Crippen LogP contribution in [0.3, 0.4) is 0 Å². The molecular weight excluding hydrogens is 140 g/mol. The summed E-state index contributed by atoms with van der Waals surface area (Å²) in [5, 5.41) is 0. The molecule has 0 saturated heterocycles. The van der Waals surface area contributed by atoms with Crippen LogP contribution in [0.4, 0.5) is 0 Å². The molecule has 4 unspecified atom stereocenters. The van der Waals surface area contributed by atoms with Crippen molar-refractivity contribution in [2.75, 3.05) is 0 Å².